The fraction of sp³-hybridized carbons (Fsp3) is 0.647. The minimum Gasteiger partial charge on any atom is -0.378 e. The van der Waals surface area contributed by atoms with Crippen LogP contribution in [0.3, 0.4) is 0 Å². The van der Waals surface area contributed by atoms with E-state index in [1.165, 1.54) is 12.8 Å². The number of aromatic nitrogens is 1. The van der Waals surface area contributed by atoms with Gasteiger partial charge in [-0.3, -0.25) is 4.98 Å². The van der Waals surface area contributed by atoms with E-state index < -0.39 is 0 Å². The normalized spacial score (nSPS) is 22.8. The van der Waals surface area contributed by atoms with Crippen molar-refractivity contribution >= 4 is 6.03 Å². The van der Waals surface area contributed by atoms with Crippen molar-refractivity contribution in [3.8, 4) is 0 Å². The highest BCUT2D eigenvalue weighted by molar-refractivity contribution is 5.74. The van der Waals surface area contributed by atoms with E-state index >= 15 is 0 Å². The van der Waals surface area contributed by atoms with Crippen LogP contribution in [0.15, 0.2) is 18.5 Å². The van der Waals surface area contributed by atoms with Gasteiger partial charge in [0.1, 0.15) is 0 Å². The quantitative estimate of drug-likeness (QED) is 0.933. The van der Waals surface area contributed by atoms with Crippen molar-refractivity contribution in [3.05, 3.63) is 29.6 Å². The van der Waals surface area contributed by atoms with E-state index in [4.69, 9.17) is 4.74 Å². The molecule has 22 heavy (non-hydrogen) atoms. The number of urea groups is 1. The molecule has 1 aromatic heterocycles. The Labute approximate surface area is 132 Å². The molecule has 3 heterocycles. The van der Waals surface area contributed by atoms with Crippen LogP contribution in [0, 0.1) is 12.8 Å². The summed E-state index contributed by atoms with van der Waals surface area (Å²) >= 11 is 0. The Balaban J connectivity index is 1.43. The predicted octanol–water partition coefficient (Wildman–Crippen LogP) is 2.49. The van der Waals surface area contributed by atoms with Crippen molar-refractivity contribution in [3.63, 3.8) is 0 Å². The zero-order valence-electron chi connectivity index (χ0n) is 13.3. The Morgan fingerprint density at radius 3 is 2.86 bits per heavy atom. The van der Waals surface area contributed by atoms with Crippen LogP contribution in [-0.4, -0.2) is 41.7 Å². The molecule has 0 aliphatic carbocycles. The van der Waals surface area contributed by atoms with Crippen LogP contribution < -0.4 is 5.32 Å². The van der Waals surface area contributed by atoms with Crippen molar-refractivity contribution < 1.29 is 9.53 Å². The number of likely N-dealkylation sites (tertiary alicyclic amines) is 1. The summed E-state index contributed by atoms with van der Waals surface area (Å²) in [7, 11) is 0. The van der Waals surface area contributed by atoms with Crippen molar-refractivity contribution in [2.75, 3.05) is 19.7 Å². The number of nitrogens with zero attached hydrogens (tertiary/aromatic N) is 2. The summed E-state index contributed by atoms with van der Waals surface area (Å²) in [6.07, 6.45) is 8.56. The average Bonchev–Trinajstić information content (AvgIpc) is 3.07. The fourth-order valence-electron chi connectivity index (χ4n) is 3.45. The van der Waals surface area contributed by atoms with Gasteiger partial charge in [-0.2, -0.15) is 0 Å². The number of carbonyl (C=O) groups is 1. The number of pyridine rings is 1. The highest BCUT2D eigenvalue weighted by Crippen LogP contribution is 2.28. The topological polar surface area (TPSA) is 54.5 Å². The van der Waals surface area contributed by atoms with E-state index in [0.29, 0.717) is 18.6 Å². The van der Waals surface area contributed by atoms with Gasteiger partial charge in [-0.15, -0.1) is 0 Å². The minimum atomic E-state index is 0.0345. The van der Waals surface area contributed by atoms with E-state index in [0.717, 1.165) is 43.7 Å². The highest BCUT2D eigenvalue weighted by Gasteiger charge is 2.30. The van der Waals surface area contributed by atoms with Gasteiger partial charge in [0.15, 0.2) is 0 Å². The van der Waals surface area contributed by atoms with Crippen LogP contribution in [0.2, 0.25) is 0 Å². The number of carbonyl (C=O) groups excluding carboxylic acids is 1. The second kappa shape index (κ2) is 7.09. The number of nitrogens with one attached hydrogen (secondary N) is 1. The maximum atomic E-state index is 12.2. The summed E-state index contributed by atoms with van der Waals surface area (Å²) < 4.78 is 5.78. The van der Waals surface area contributed by atoms with E-state index in [2.05, 4.69) is 16.4 Å². The van der Waals surface area contributed by atoms with E-state index in [-0.39, 0.29) is 6.03 Å². The standard InChI is InChI=1S/C17H25N3O2/c1-13-9-14(11-18-10-13)12-19-17(21)20-6-4-15(5-7-20)16-3-2-8-22-16/h9-11,15-16H,2-8,12H2,1H3,(H,19,21)/t16-/m0/s1. The van der Waals surface area contributed by atoms with Gasteiger partial charge < -0.3 is 15.0 Å². The Morgan fingerprint density at radius 2 is 2.18 bits per heavy atom. The summed E-state index contributed by atoms with van der Waals surface area (Å²) in [5.41, 5.74) is 2.16. The largest absolute Gasteiger partial charge is 0.378 e. The number of aryl methyl sites for hydroxylation is 1. The molecule has 0 aromatic carbocycles. The molecule has 2 aliphatic heterocycles. The number of hydrogen-bond acceptors (Lipinski definition) is 3. The van der Waals surface area contributed by atoms with E-state index in [1.54, 1.807) is 6.20 Å². The van der Waals surface area contributed by atoms with Crippen molar-refractivity contribution in [1.29, 1.82) is 0 Å². The minimum absolute atomic E-state index is 0.0345. The third-order valence-electron chi connectivity index (χ3n) is 4.69. The third kappa shape index (κ3) is 3.77. The molecule has 0 spiro atoms. The zero-order chi connectivity index (χ0) is 15.4. The van der Waals surface area contributed by atoms with Crippen LogP contribution in [0.25, 0.3) is 0 Å². The molecule has 1 aromatic rings. The number of rotatable bonds is 3. The molecular weight excluding hydrogens is 278 g/mol. The van der Waals surface area contributed by atoms with Gasteiger partial charge in [-0.25, -0.2) is 4.79 Å². The van der Waals surface area contributed by atoms with E-state index in [9.17, 15) is 4.79 Å². The van der Waals surface area contributed by atoms with Gasteiger partial charge in [0.25, 0.3) is 0 Å². The third-order valence-corrected chi connectivity index (χ3v) is 4.69. The first kappa shape index (κ1) is 15.3. The molecule has 2 fully saturated rings. The van der Waals surface area contributed by atoms with Crippen LogP contribution in [0.5, 0.6) is 0 Å². The second-order valence-corrected chi connectivity index (χ2v) is 6.41. The molecule has 3 rings (SSSR count). The Kier molecular flexibility index (Phi) is 4.93. The molecule has 2 aliphatic rings. The summed E-state index contributed by atoms with van der Waals surface area (Å²) in [6, 6.07) is 2.09. The summed E-state index contributed by atoms with van der Waals surface area (Å²) in [4.78, 5) is 18.3. The van der Waals surface area contributed by atoms with Gasteiger partial charge in [-0.1, -0.05) is 6.07 Å². The first-order chi connectivity index (χ1) is 10.7. The van der Waals surface area contributed by atoms with E-state index in [1.807, 2.05) is 18.0 Å². The molecule has 1 N–H and O–H groups in total. The molecule has 0 saturated carbocycles. The smallest absolute Gasteiger partial charge is 0.317 e. The second-order valence-electron chi connectivity index (χ2n) is 6.41. The predicted molar refractivity (Wildman–Crippen MR) is 84.5 cm³/mol. The Morgan fingerprint density at radius 1 is 1.36 bits per heavy atom. The molecule has 2 saturated heterocycles. The van der Waals surface area contributed by atoms with Crippen molar-refractivity contribution in [1.82, 2.24) is 15.2 Å². The van der Waals surface area contributed by atoms with Crippen LogP contribution in [0.4, 0.5) is 4.79 Å². The van der Waals surface area contributed by atoms with Crippen LogP contribution >= 0.6 is 0 Å². The molecule has 0 unspecified atom stereocenters. The molecule has 5 heteroatoms. The lowest BCUT2D eigenvalue weighted by Gasteiger charge is -2.34. The summed E-state index contributed by atoms with van der Waals surface area (Å²) in [5.74, 6) is 0.632. The lowest BCUT2D eigenvalue weighted by molar-refractivity contribution is 0.0372. The van der Waals surface area contributed by atoms with Crippen LogP contribution in [0.1, 0.15) is 36.8 Å². The first-order valence-corrected chi connectivity index (χ1v) is 8.27. The molecular formula is C17H25N3O2. The van der Waals surface area contributed by atoms with Gasteiger partial charge in [-0.05, 0) is 49.7 Å². The fourth-order valence-corrected chi connectivity index (χ4v) is 3.45. The first-order valence-electron chi connectivity index (χ1n) is 8.27. The summed E-state index contributed by atoms with van der Waals surface area (Å²) in [5, 5.41) is 3.00. The van der Waals surface area contributed by atoms with Crippen molar-refractivity contribution in [2.24, 2.45) is 5.92 Å². The number of ether oxygens (including phenoxy) is 1. The molecule has 120 valence electrons. The van der Waals surface area contributed by atoms with Crippen molar-refractivity contribution in [2.45, 2.75) is 45.3 Å². The van der Waals surface area contributed by atoms with Crippen LogP contribution in [-0.2, 0) is 11.3 Å². The SMILES string of the molecule is Cc1cncc(CNC(=O)N2CCC([C@@H]3CCCO3)CC2)c1. The molecule has 0 radical (unpaired) electrons. The number of hydrogen-bond donors (Lipinski definition) is 1. The number of piperidine rings is 1. The zero-order valence-corrected chi connectivity index (χ0v) is 13.3. The van der Waals surface area contributed by atoms with Gasteiger partial charge in [0.2, 0.25) is 0 Å². The molecule has 1 atom stereocenters. The molecule has 5 nitrogen and oxygen atoms in total. The Hall–Kier alpha value is -1.62. The number of amides is 2. The average molecular weight is 303 g/mol. The maximum absolute atomic E-state index is 12.2. The lowest BCUT2D eigenvalue weighted by Crippen LogP contribution is -2.45. The van der Waals surface area contributed by atoms with Gasteiger partial charge >= 0.3 is 6.03 Å². The molecule has 2 amide bonds. The monoisotopic (exact) mass is 303 g/mol. The highest BCUT2D eigenvalue weighted by atomic mass is 16.5. The maximum Gasteiger partial charge on any atom is 0.317 e. The summed E-state index contributed by atoms with van der Waals surface area (Å²) in [6.45, 7) is 5.13. The van der Waals surface area contributed by atoms with Gasteiger partial charge in [0, 0.05) is 38.6 Å². The molecule has 0 bridgehead atoms. The lowest BCUT2D eigenvalue weighted by atomic mass is 9.90. The Bertz CT molecular complexity index is 506. The van der Waals surface area contributed by atoms with Gasteiger partial charge in [0.05, 0.1) is 6.10 Å².